The van der Waals surface area contributed by atoms with Crippen LogP contribution in [-0.2, 0) is 9.47 Å². The van der Waals surface area contributed by atoms with Crippen LogP contribution in [0.3, 0.4) is 0 Å². The summed E-state index contributed by atoms with van der Waals surface area (Å²) in [6.07, 6.45) is 2.96. The summed E-state index contributed by atoms with van der Waals surface area (Å²) in [5.74, 6) is 0.261. The maximum Gasteiger partial charge on any atom is 0.167 e. The van der Waals surface area contributed by atoms with Crippen LogP contribution >= 0.6 is 0 Å². The van der Waals surface area contributed by atoms with Crippen LogP contribution in [-0.4, -0.2) is 61.3 Å². The van der Waals surface area contributed by atoms with Crippen LogP contribution in [0, 0.1) is 0 Å². The number of anilines is 1. The van der Waals surface area contributed by atoms with Crippen molar-refractivity contribution in [2.24, 2.45) is 0 Å². The number of nitrogen functional groups attached to an aromatic ring is 1. The number of hydrogen-bond donors (Lipinski definition) is 3. The summed E-state index contributed by atoms with van der Waals surface area (Å²) >= 11 is 0. The summed E-state index contributed by atoms with van der Waals surface area (Å²) in [6.45, 7) is 2.38. The van der Waals surface area contributed by atoms with Gasteiger partial charge in [0.1, 0.15) is 30.2 Å². The van der Waals surface area contributed by atoms with E-state index < -0.39 is 24.5 Å². The highest BCUT2D eigenvalue weighted by Gasteiger charge is 2.45. The molecular formula is C15H23N5O4. The van der Waals surface area contributed by atoms with Gasteiger partial charge < -0.3 is 25.4 Å². The lowest BCUT2D eigenvalue weighted by Gasteiger charge is -2.20. The molecule has 3 heterocycles. The van der Waals surface area contributed by atoms with E-state index in [-0.39, 0.29) is 12.4 Å². The number of nitrogens with zero attached hydrogens (tertiary/aromatic N) is 4. The summed E-state index contributed by atoms with van der Waals surface area (Å²) in [6, 6.07) is 0. The average Bonchev–Trinajstić information content (AvgIpc) is 3.14. The third kappa shape index (κ3) is 3.07. The lowest BCUT2D eigenvalue weighted by molar-refractivity contribution is -0.0609. The number of aliphatic hydroxyl groups excluding tert-OH is 2. The molecule has 0 saturated carbocycles. The average molecular weight is 337 g/mol. The minimum atomic E-state index is -0.947. The van der Waals surface area contributed by atoms with E-state index >= 15 is 0 Å². The topological polar surface area (TPSA) is 129 Å². The Bertz CT molecular complexity index is 679. The lowest BCUT2D eigenvalue weighted by atomic mass is 10.1. The van der Waals surface area contributed by atoms with Crippen LogP contribution in [0.2, 0.25) is 0 Å². The van der Waals surface area contributed by atoms with Gasteiger partial charge in [0.15, 0.2) is 17.7 Å². The Balaban J connectivity index is 1.79. The van der Waals surface area contributed by atoms with Gasteiger partial charge in [-0.05, 0) is 6.42 Å². The van der Waals surface area contributed by atoms with Crippen LogP contribution in [0.1, 0.15) is 32.4 Å². The molecule has 1 aliphatic heterocycles. The van der Waals surface area contributed by atoms with Crippen molar-refractivity contribution in [2.45, 2.75) is 50.7 Å². The molecule has 24 heavy (non-hydrogen) atoms. The number of fused-ring (bicyclic) bond motifs is 1. The zero-order valence-electron chi connectivity index (χ0n) is 13.6. The Morgan fingerprint density at radius 2 is 2.17 bits per heavy atom. The fourth-order valence-corrected chi connectivity index (χ4v) is 2.93. The Morgan fingerprint density at radius 1 is 1.33 bits per heavy atom. The minimum Gasteiger partial charge on any atom is -0.394 e. The van der Waals surface area contributed by atoms with Gasteiger partial charge in [0, 0.05) is 6.61 Å². The highest BCUT2D eigenvalue weighted by molar-refractivity contribution is 5.81. The molecule has 2 aromatic rings. The number of rotatable bonds is 7. The normalized spacial score (nSPS) is 27.1. The van der Waals surface area contributed by atoms with Crippen LogP contribution in [0.4, 0.5) is 5.82 Å². The molecule has 0 unspecified atom stereocenters. The second kappa shape index (κ2) is 7.39. The summed E-state index contributed by atoms with van der Waals surface area (Å²) < 4.78 is 13.1. The molecule has 132 valence electrons. The van der Waals surface area contributed by atoms with Crippen LogP contribution < -0.4 is 5.73 Å². The molecule has 3 rings (SSSR count). The number of imidazole rings is 1. The van der Waals surface area contributed by atoms with E-state index in [1.165, 1.54) is 12.7 Å². The van der Waals surface area contributed by atoms with E-state index in [0.29, 0.717) is 17.8 Å². The van der Waals surface area contributed by atoms with E-state index in [9.17, 15) is 10.2 Å². The fraction of sp³-hybridized carbons (Fsp3) is 0.667. The van der Waals surface area contributed by atoms with Gasteiger partial charge in [-0.3, -0.25) is 4.57 Å². The molecule has 9 nitrogen and oxygen atoms in total. The second-order valence-electron chi connectivity index (χ2n) is 5.86. The molecule has 0 spiro atoms. The van der Waals surface area contributed by atoms with E-state index in [4.69, 9.17) is 15.2 Å². The molecular weight excluding hydrogens is 314 g/mol. The van der Waals surface area contributed by atoms with Crippen LogP contribution in [0.15, 0.2) is 12.7 Å². The van der Waals surface area contributed by atoms with Crippen molar-refractivity contribution in [3.8, 4) is 0 Å². The molecule has 1 fully saturated rings. The third-order valence-corrected chi connectivity index (χ3v) is 4.21. The third-order valence-electron chi connectivity index (χ3n) is 4.21. The number of unbranched alkanes of at least 4 members (excludes halogenated alkanes) is 2. The van der Waals surface area contributed by atoms with Crippen molar-refractivity contribution in [2.75, 3.05) is 18.9 Å². The predicted molar refractivity (Wildman–Crippen MR) is 86.0 cm³/mol. The van der Waals surface area contributed by atoms with E-state index in [0.717, 1.165) is 19.3 Å². The Kier molecular flexibility index (Phi) is 5.24. The molecule has 1 aliphatic rings. The molecule has 4 atom stereocenters. The molecule has 4 N–H and O–H groups in total. The summed E-state index contributed by atoms with van der Waals surface area (Å²) in [5.41, 5.74) is 6.70. The van der Waals surface area contributed by atoms with Crippen molar-refractivity contribution in [3.63, 3.8) is 0 Å². The van der Waals surface area contributed by atoms with Gasteiger partial charge in [0.05, 0.1) is 12.9 Å². The number of nitrogens with two attached hydrogens (primary N) is 1. The first kappa shape index (κ1) is 17.0. The van der Waals surface area contributed by atoms with Gasteiger partial charge in [-0.1, -0.05) is 19.8 Å². The maximum atomic E-state index is 10.6. The quantitative estimate of drug-likeness (QED) is 0.613. The summed E-state index contributed by atoms with van der Waals surface area (Å²) in [7, 11) is 0. The predicted octanol–water partition coefficient (Wildman–Crippen LogP) is 0.234. The lowest BCUT2D eigenvalue weighted by Crippen LogP contribution is -2.36. The highest BCUT2D eigenvalue weighted by Crippen LogP contribution is 2.33. The molecule has 1 saturated heterocycles. The molecule has 2 aromatic heterocycles. The van der Waals surface area contributed by atoms with Crippen molar-refractivity contribution in [1.82, 2.24) is 19.5 Å². The van der Waals surface area contributed by atoms with Crippen molar-refractivity contribution in [3.05, 3.63) is 12.7 Å². The van der Waals surface area contributed by atoms with E-state index in [1.807, 2.05) is 0 Å². The van der Waals surface area contributed by atoms with Crippen molar-refractivity contribution in [1.29, 1.82) is 0 Å². The number of aliphatic hydroxyl groups is 2. The Hall–Kier alpha value is -1.81. The van der Waals surface area contributed by atoms with Gasteiger partial charge in [-0.15, -0.1) is 0 Å². The maximum absolute atomic E-state index is 10.6. The fourth-order valence-electron chi connectivity index (χ4n) is 2.93. The largest absolute Gasteiger partial charge is 0.394 e. The van der Waals surface area contributed by atoms with Crippen LogP contribution in [0.25, 0.3) is 11.2 Å². The van der Waals surface area contributed by atoms with Gasteiger partial charge in [-0.25, -0.2) is 15.0 Å². The van der Waals surface area contributed by atoms with Gasteiger partial charge in [-0.2, -0.15) is 0 Å². The summed E-state index contributed by atoms with van der Waals surface area (Å²) in [4.78, 5) is 12.2. The Labute approximate surface area is 139 Å². The van der Waals surface area contributed by atoms with Gasteiger partial charge in [0.25, 0.3) is 0 Å². The number of ether oxygens (including phenoxy) is 2. The smallest absolute Gasteiger partial charge is 0.167 e. The van der Waals surface area contributed by atoms with Gasteiger partial charge in [0.2, 0.25) is 0 Å². The SMILES string of the molecule is CCCCCO[C@H]1[C@@H](O)[C@H](n2cnc3c(N)ncnc32)O[C@@H]1CO. The first-order valence-corrected chi connectivity index (χ1v) is 8.16. The zero-order chi connectivity index (χ0) is 17.1. The van der Waals surface area contributed by atoms with Crippen LogP contribution in [0.5, 0.6) is 0 Å². The molecule has 0 aromatic carbocycles. The molecule has 0 aliphatic carbocycles. The highest BCUT2D eigenvalue weighted by atomic mass is 16.6. The first-order valence-electron chi connectivity index (χ1n) is 8.16. The standard InChI is InChI=1S/C15H23N5O4/c1-2-3-4-5-23-12-9(6-21)24-15(11(12)22)20-8-19-10-13(16)17-7-18-14(10)20/h7-9,11-12,15,21-22H,2-6H2,1H3,(H2,16,17,18)/t9-,11-,12-,15-/m1/s1. The number of hydrogen-bond acceptors (Lipinski definition) is 8. The van der Waals surface area contributed by atoms with E-state index in [2.05, 4.69) is 21.9 Å². The molecule has 0 radical (unpaired) electrons. The zero-order valence-corrected chi connectivity index (χ0v) is 13.6. The van der Waals surface area contributed by atoms with Crippen molar-refractivity contribution < 1.29 is 19.7 Å². The minimum absolute atomic E-state index is 0.240. The molecule has 9 heteroatoms. The second-order valence-corrected chi connectivity index (χ2v) is 5.86. The number of aromatic nitrogens is 4. The molecule has 0 bridgehead atoms. The summed E-state index contributed by atoms with van der Waals surface area (Å²) in [5, 5.41) is 20.2. The van der Waals surface area contributed by atoms with Gasteiger partial charge >= 0.3 is 0 Å². The molecule has 0 amide bonds. The Morgan fingerprint density at radius 3 is 2.92 bits per heavy atom. The first-order chi connectivity index (χ1) is 11.7. The monoisotopic (exact) mass is 337 g/mol. The van der Waals surface area contributed by atoms with E-state index in [1.54, 1.807) is 4.57 Å². The van der Waals surface area contributed by atoms with Crippen molar-refractivity contribution >= 4 is 17.0 Å².